The molecule has 1 fully saturated rings. The zero-order valence-electron chi connectivity index (χ0n) is 18.4. The number of ether oxygens (including phenoxy) is 2. The minimum Gasteiger partial charge on any atom is -0.461 e. The monoisotopic (exact) mass is 482 g/mol. The third-order valence-corrected chi connectivity index (χ3v) is 7.00. The van der Waals surface area contributed by atoms with Crippen LogP contribution in [0.15, 0.2) is 48.5 Å². The van der Waals surface area contributed by atoms with Gasteiger partial charge in [0.05, 0.1) is 19.4 Å². The number of rotatable bonds is 10. The number of aryl methyl sites for hydroxylation is 1. The van der Waals surface area contributed by atoms with Gasteiger partial charge in [-0.25, -0.2) is 0 Å². The van der Waals surface area contributed by atoms with Crippen molar-refractivity contribution < 1.29 is 43.9 Å². The summed E-state index contributed by atoms with van der Waals surface area (Å²) in [6, 6.07) is 14.7. The molecule has 0 aliphatic carbocycles. The Labute approximate surface area is 192 Å². The van der Waals surface area contributed by atoms with Gasteiger partial charge in [0.25, 0.3) is 0 Å². The molecule has 1 saturated heterocycles. The molecule has 0 radical (unpaired) electrons. The summed E-state index contributed by atoms with van der Waals surface area (Å²) in [7, 11) is -3.56. The molecule has 0 saturated carbocycles. The molecule has 6 atom stereocenters. The third kappa shape index (κ3) is 6.62. The van der Waals surface area contributed by atoms with Gasteiger partial charge in [-0.3, -0.25) is 4.57 Å². The maximum atomic E-state index is 11.9. The van der Waals surface area contributed by atoms with Gasteiger partial charge in [-0.2, -0.15) is 0 Å². The molecular formula is C23H31O9P. The van der Waals surface area contributed by atoms with Crippen LogP contribution in [0, 0.1) is 0 Å². The van der Waals surface area contributed by atoms with E-state index in [0.717, 1.165) is 11.1 Å². The summed E-state index contributed by atoms with van der Waals surface area (Å²) in [5, 5.41) is 39.7. The van der Waals surface area contributed by atoms with Crippen molar-refractivity contribution in [3.05, 3.63) is 54.1 Å². The van der Waals surface area contributed by atoms with Crippen LogP contribution in [0.3, 0.4) is 0 Å². The average molecular weight is 482 g/mol. The van der Waals surface area contributed by atoms with Crippen LogP contribution in [-0.4, -0.2) is 75.4 Å². The van der Waals surface area contributed by atoms with Crippen molar-refractivity contribution in [1.82, 2.24) is 0 Å². The van der Waals surface area contributed by atoms with Crippen molar-refractivity contribution in [2.24, 2.45) is 0 Å². The molecule has 1 heterocycles. The first-order chi connectivity index (χ1) is 15.8. The van der Waals surface area contributed by atoms with Crippen LogP contribution < -0.4 is 4.74 Å². The predicted octanol–water partition coefficient (Wildman–Crippen LogP) is 1.69. The van der Waals surface area contributed by atoms with E-state index in [1.54, 1.807) is 19.1 Å². The van der Waals surface area contributed by atoms with Crippen molar-refractivity contribution >= 4 is 7.60 Å². The van der Waals surface area contributed by atoms with E-state index in [1.807, 2.05) is 36.4 Å². The summed E-state index contributed by atoms with van der Waals surface area (Å²) >= 11 is 0. The van der Waals surface area contributed by atoms with E-state index >= 15 is 0 Å². The standard InChI is InChI=1S/C23H31O9P/c1-2-30-33(28,29)12-6-8-15-7-5-9-16(13-15)17-10-3-4-11-18(17)31-23-22(27)21(26)20(25)19(14-24)32-23/h3-5,7,9-11,13,19-27H,2,6,8,12,14H2,1H3,(H,28,29)/t19-,20-,21-,22+,23+/m1/s1. The molecule has 9 nitrogen and oxygen atoms in total. The van der Waals surface area contributed by atoms with Gasteiger partial charge in [0.15, 0.2) is 0 Å². The molecule has 1 unspecified atom stereocenters. The highest BCUT2D eigenvalue weighted by Crippen LogP contribution is 2.42. The lowest BCUT2D eigenvalue weighted by molar-refractivity contribution is -0.277. The van der Waals surface area contributed by atoms with Crippen LogP contribution in [0.25, 0.3) is 11.1 Å². The number of aliphatic hydroxyl groups excluding tert-OH is 4. The van der Waals surface area contributed by atoms with E-state index in [2.05, 4.69) is 0 Å². The Morgan fingerprint density at radius 2 is 1.79 bits per heavy atom. The fraction of sp³-hybridized carbons (Fsp3) is 0.478. The van der Waals surface area contributed by atoms with Crippen molar-refractivity contribution in [3.8, 4) is 16.9 Å². The summed E-state index contributed by atoms with van der Waals surface area (Å²) in [6.07, 6.45) is -5.72. The van der Waals surface area contributed by atoms with E-state index in [0.29, 0.717) is 24.2 Å². The lowest BCUT2D eigenvalue weighted by Gasteiger charge is -2.39. The summed E-state index contributed by atoms with van der Waals surface area (Å²) in [5.41, 5.74) is 2.50. The number of hydrogen-bond acceptors (Lipinski definition) is 8. The van der Waals surface area contributed by atoms with Gasteiger partial charge >= 0.3 is 7.60 Å². The summed E-state index contributed by atoms with van der Waals surface area (Å²) in [5.74, 6) is 0.384. The molecule has 5 N–H and O–H groups in total. The molecule has 0 bridgehead atoms. The molecular weight excluding hydrogens is 451 g/mol. The molecule has 2 aromatic carbocycles. The summed E-state index contributed by atoms with van der Waals surface area (Å²) < 4.78 is 28.1. The van der Waals surface area contributed by atoms with E-state index < -0.39 is 44.9 Å². The normalized spacial score (nSPS) is 27.2. The van der Waals surface area contributed by atoms with E-state index in [-0.39, 0.29) is 12.8 Å². The lowest BCUT2D eigenvalue weighted by atomic mass is 9.98. The quantitative estimate of drug-likeness (QED) is 0.319. The molecule has 0 aromatic heterocycles. The Kier molecular flexibility index (Phi) is 9.03. The Balaban J connectivity index is 1.75. The van der Waals surface area contributed by atoms with Gasteiger partial charge in [0.1, 0.15) is 30.2 Å². The van der Waals surface area contributed by atoms with Crippen LogP contribution in [0.2, 0.25) is 0 Å². The van der Waals surface area contributed by atoms with Gasteiger partial charge in [-0.05, 0) is 37.0 Å². The summed E-state index contributed by atoms with van der Waals surface area (Å²) in [6.45, 7) is 1.32. The third-order valence-electron chi connectivity index (χ3n) is 5.45. The second-order valence-corrected chi connectivity index (χ2v) is 9.87. The topological polar surface area (TPSA) is 146 Å². The highest BCUT2D eigenvalue weighted by Gasteiger charge is 2.44. The van der Waals surface area contributed by atoms with Gasteiger partial charge in [0.2, 0.25) is 6.29 Å². The number of para-hydroxylation sites is 1. The SMILES string of the molecule is CCOP(=O)(O)CCCc1cccc(-c2ccccc2O[C@H]2O[C@H](CO)[C@@H](O)[C@@H](O)[C@@H]2O)c1. The molecule has 3 rings (SSSR count). The fourth-order valence-electron chi connectivity index (χ4n) is 3.74. The van der Waals surface area contributed by atoms with E-state index in [9.17, 15) is 29.9 Å². The molecule has 33 heavy (non-hydrogen) atoms. The fourth-order valence-corrected chi connectivity index (χ4v) is 4.83. The molecule has 0 amide bonds. The minimum absolute atomic E-state index is 0.0713. The Hall–Kier alpha value is -1.81. The Morgan fingerprint density at radius 3 is 2.52 bits per heavy atom. The highest BCUT2D eigenvalue weighted by molar-refractivity contribution is 7.52. The minimum atomic E-state index is -3.56. The second kappa shape index (κ2) is 11.6. The molecule has 182 valence electrons. The zero-order chi connectivity index (χ0) is 24.0. The molecule has 10 heteroatoms. The smallest absolute Gasteiger partial charge is 0.328 e. The van der Waals surface area contributed by atoms with Crippen molar-refractivity contribution in [3.63, 3.8) is 0 Å². The lowest BCUT2D eigenvalue weighted by Crippen LogP contribution is -2.60. The average Bonchev–Trinajstić information content (AvgIpc) is 2.80. The number of aliphatic hydroxyl groups is 4. The Morgan fingerprint density at radius 1 is 1.03 bits per heavy atom. The van der Waals surface area contributed by atoms with Crippen LogP contribution >= 0.6 is 7.60 Å². The van der Waals surface area contributed by atoms with Crippen LogP contribution in [0.4, 0.5) is 0 Å². The molecule has 2 aromatic rings. The first-order valence-electron chi connectivity index (χ1n) is 10.9. The van der Waals surface area contributed by atoms with Gasteiger partial charge < -0.3 is 39.3 Å². The zero-order valence-corrected chi connectivity index (χ0v) is 19.3. The van der Waals surface area contributed by atoms with Crippen LogP contribution in [0.5, 0.6) is 5.75 Å². The highest BCUT2D eigenvalue weighted by atomic mass is 31.2. The van der Waals surface area contributed by atoms with Crippen molar-refractivity contribution in [2.45, 2.75) is 50.5 Å². The molecule has 1 aliphatic heterocycles. The number of hydrogen-bond donors (Lipinski definition) is 5. The second-order valence-electron chi connectivity index (χ2n) is 7.89. The van der Waals surface area contributed by atoms with Crippen LogP contribution in [-0.2, 0) is 20.2 Å². The first-order valence-corrected chi connectivity index (χ1v) is 12.6. The largest absolute Gasteiger partial charge is 0.461 e. The maximum Gasteiger partial charge on any atom is 0.328 e. The van der Waals surface area contributed by atoms with Crippen LogP contribution in [0.1, 0.15) is 18.9 Å². The molecule has 0 spiro atoms. The number of benzene rings is 2. The maximum absolute atomic E-state index is 11.9. The van der Waals surface area contributed by atoms with Crippen molar-refractivity contribution in [2.75, 3.05) is 19.4 Å². The first kappa shape index (κ1) is 25.8. The van der Waals surface area contributed by atoms with Gasteiger partial charge in [0, 0.05) is 5.56 Å². The Bertz CT molecular complexity index is 951. The van der Waals surface area contributed by atoms with Crippen molar-refractivity contribution in [1.29, 1.82) is 0 Å². The summed E-state index contributed by atoms with van der Waals surface area (Å²) in [4.78, 5) is 9.75. The van der Waals surface area contributed by atoms with E-state index in [4.69, 9.17) is 14.0 Å². The predicted molar refractivity (Wildman–Crippen MR) is 121 cm³/mol. The van der Waals surface area contributed by atoms with Gasteiger partial charge in [-0.15, -0.1) is 0 Å². The van der Waals surface area contributed by atoms with E-state index in [1.165, 1.54) is 0 Å². The van der Waals surface area contributed by atoms with Gasteiger partial charge in [-0.1, -0.05) is 42.5 Å². The molecule has 1 aliphatic rings.